The highest BCUT2D eigenvalue weighted by molar-refractivity contribution is 14.1. The number of benzene rings is 2. The van der Waals surface area contributed by atoms with Gasteiger partial charge in [-0.15, -0.1) is 11.6 Å². The molecule has 5 heteroatoms. The lowest BCUT2D eigenvalue weighted by Crippen LogP contribution is -2.03. The Hall–Kier alpha value is -1.14. The molecule has 0 spiro atoms. The van der Waals surface area contributed by atoms with E-state index in [2.05, 4.69) is 22.6 Å². The van der Waals surface area contributed by atoms with Gasteiger partial charge >= 0.3 is 0 Å². The molecule has 0 radical (unpaired) electrons. The van der Waals surface area contributed by atoms with Crippen LogP contribution in [0.15, 0.2) is 36.4 Å². The molecule has 0 aliphatic heterocycles. The third-order valence-corrected chi connectivity index (χ3v) is 4.62. The number of hydrogen-bond acceptors (Lipinski definition) is 3. The first-order valence-corrected chi connectivity index (χ1v) is 7.82. The predicted octanol–water partition coefficient (Wildman–Crippen LogP) is 4.65. The molecule has 21 heavy (non-hydrogen) atoms. The van der Waals surface area contributed by atoms with E-state index in [9.17, 15) is 0 Å². The summed E-state index contributed by atoms with van der Waals surface area (Å²) in [6.45, 7) is 0. The first-order chi connectivity index (χ1) is 10.1. The number of halogens is 2. The van der Waals surface area contributed by atoms with Crippen LogP contribution in [-0.2, 0) is 0 Å². The summed E-state index contributed by atoms with van der Waals surface area (Å²) in [7, 11) is 4.82. The predicted molar refractivity (Wildman–Crippen MR) is 93.0 cm³/mol. The van der Waals surface area contributed by atoms with Crippen LogP contribution in [0.2, 0.25) is 0 Å². The van der Waals surface area contributed by atoms with E-state index in [0.717, 1.165) is 14.7 Å². The number of rotatable bonds is 5. The Morgan fingerprint density at radius 1 is 0.952 bits per heavy atom. The topological polar surface area (TPSA) is 27.7 Å². The zero-order chi connectivity index (χ0) is 15.4. The van der Waals surface area contributed by atoms with Crippen molar-refractivity contribution in [1.82, 2.24) is 0 Å². The molecular weight excluding hydrogens is 403 g/mol. The maximum atomic E-state index is 6.69. The van der Waals surface area contributed by atoms with Gasteiger partial charge in [-0.2, -0.15) is 0 Å². The molecular formula is C16H16ClIO3. The standard InChI is InChI=1S/C16H16ClIO3/c1-19-10-8-13(20-2)15(14(9-10)21-3)16(17)11-6-4-5-7-12(11)18/h4-9,16H,1-3H3. The van der Waals surface area contributed by atoms with Gasteiger partial charge in [0.2, 0.25) is 0 Å². The van der Waals surface area contributed by atoms with E-state index in [0.29, 0.717) is 17.2 Å². The van der Waals surface area contributed by atoms with E-state index in [-0.39, 0.29) is 5.38 Å². The Morgan fingerprint density at radius 3 is 2.00 bits per heavy atom. The van der Waals surface area contributed by atoms with Gasteiger partial charge in [0.1, 0.15) is 17.2 Å². The minimum atomic E-state index is -0.367. The second-order valence-electron chi connectivity index (χ2n) is 4.33. The van der Waals surface area contributed by atoms with Gasteiger partial charge in [-0.1, -0.05) is 18.2 Å². The van der Waals surface area contributed by atoms with Crippen molar-refractivity contribution in [3.05, 3.63) is 51.1 Å². The molecule has 0 aliphatic rings. The molecule has 0 aliphatic carbocycles. The van der Waals surface area contributed by atoms with Gasteiger partial charge in [-0.25, -0.2) is 0 Å². The van der Waals surface area contributed by atoms with E-state index < -0.39 is 0 Å². The Kier molecular flexibility index (Phi) is 5.58. The van der Waals surface area contributed by atoms with E-state index in [4.69, 9.17) is 25.8 Å². The summed E-state index contributed by atoms with van der Waals surface area (Å²) in [5, 5.41) is -0.367. The molecule has 0 aromatic heterocycles. The van der Waals surface area contributed by atoms with Crippen LogP contribution in [0, 0.1) is 3.57 Å². The maximum absolute atomic E-state index is 6.69. The Morgan fingerprint density at radius 2 is 1.52 bits per heavy atom. The highest BCUT2D eigenvalue weighted by Gasteiger charge is 2.23. The summed E-state index contributed by atoms with van der Waals surface area (Å²) in [6, 6.07) is 11.6. The second-order valence-corrected chi connectivity index (χ2v) is 5.93. The zero-order valence-electron chi connectivity index (χ0n) is 12.0. The molecule has 0 amide bonds. The highest BCUT2D eigenvalue weighted by atomic mass is 127. The quantitative estimate of drug-likeness (QED) is 0.523. The summed E-state index contributed by atoms with van der Waals surface area (Å²) in [4.78, 5) is 0. The highest BCUT2D eigenvalue weighted by Crippen LogP contribution is 2.44. The van der Waals surface area contributed by atoms with Crippen LogP contribution >= 0.6 is 34.2 Å². The van der Waals surface area contributed by atoms with E-state index in [1.54, 1.807) is 21.3 Å². The Balaban J connectivity index is 2.59. The molecule has 0 N–H and O–H groups in total. The summed E-state index contributed by atoms with van der Waals surface area (Å²) in [5.74, 6) is 1.95. The van der Waals surface area contributed by atoms with Gasteiger partial charge in [0.15, 0.2) is 0 Å². The maximum Gasteiger partial charge on any atom is 0.131 e. The van der Waals surface area contributed by atoms with Gasteiger partial charge in [0.05, 0.1) is 32.3 Å². The fraction of sp³-hybridized carbons (Fsp3) is 0.250. The Bertz CT molecular complexity index is 606. The van der Waals surface area contributed by atoms with E-state index in [1.807, 2.05) is 36.4 Å². The monoisotopic (exact) mass is 418 g/mol. The molecule has 0 fully saturated rings. The minimum Gasteiger partial charge on any atom is -0.496 e. The fourth-order valence-electron chi connectivity index (χ4n) is 2.12. The van der Waals surface area contributed by atoms with E-state index in [1.165, 1.54) is 0 Å². The van der Waals surface area contributed by atoms with Crippen molar-refractivity contribution < 1.29 is 14.2 Å². The molecule has 0 bridgehead atoms. The van der Waals surface area contributed by atoms with Crippen LogP contribution < -0.4 is 14.2 Å². The molecule has 0 saturated heterocycles. The normalized spacial score (nSPS) is 11.9. The fourth-order valence-corrected chi connectivity index (χ4v) is 3.41. The summed E-state index contributed by atoms with van der Waals surface area (Å²) < 4.78 is 17.3. The molecule has 2 rings (SSSR count). The summed E-state index contributed by atoms with van der Waals surface area (Å²) in [6.07, 6.45) is 0. The molecule has 2 aromatic rings. The largest absolute Gasteiger partial charge is 0.496 e. The average molecular weight is 419 g/mol. The second kappa shape index (κ2) is 7.22. The summed E-state index contributed by atoms with van der Waals surface area (Å²) >= 11 is 8.97. The van der Waals surface area contributed by atoms with Gasteiger partial charge in [-0.05, 0) is 34.2 Å². The van der Waals surface area contributed by atoms with Crippen LogP contribution in [0.1, 0.15) is 16.5 Å². The molecule has 112 valence electrons. The first kappa shape index (κ1) is 16.2. The van der Waals surface area contributed by atoms with Crippen molar-refractivity contribution in [2.24, 2.45) is 0 Å². The molecule has 0 heterocycles. The van der Waals surface area contributed by atoms with Crippen LogP contribution in [0.25, 0.3) is 0 Å². The van der Waals surface area contributed by atoms with Crippen LogP contribution in [0.4, 0.5) is 0 Å². The van der Waals surface area contributed by atoms with Crippen molar-refractivity contribution in [3.63, 3.8) is 0 Å². The van der Waals surface area contributed by atoms with Crippen LogP contribution in [0.3, 0.4) is 0 Å². The van der Waals surface area contributed by atoms with Crippen molar-refractivity contribution in [2.45, 2.75) is 5.38 Å². The van der Waals surface area contributed by atoms with Gasteiger partial charge in [-0.3, -0.25) is 0 Å². The first-order valence-electron chi connectivity index (χ1n) is 6.30. The third kappa shape index (κ3) is 3.37. The lowest BCUT2D eigenvalue weighted by molar-refractivity contribution is 0.369. The Labute approximate surface area is 143 Å². The lowest BCUT2D eigenvalue weighted by atomic mass is 10.0. The van der Waals surface area contributed by atoms with Crippen LogP contribution in [0.5, 0.6) is 17.2 Å². The number of methoxy groups -OCH3 is 3. The van der Waals surface area contributed by atoms with Gasteiger partial charge in [0, 0.05) is 15.7 Å². The number of ether oxygens (including phenoxy) is 3. The van der Waals surface area contributed by atoms with Crippen molar-refractivity contribution in [2.75, 3.05) is 21.3 Å². The molecule has 2 aromatic carbocycles. The molecule has 3 nitrogen and oxygen atoms in total. The van der Waals surface area contributed by atoms with Crippen molar-refractivity contribution in [1.29, 1.82) is 0 Å². The SMILES string of the molecule is COc1cc(OC)c(C(Cl)c2ccccc2I)c(OC)c1. The van der Waals surface area contributed by atoms with Gasteiger partial charge in [0.25, 0.3) is 0 Å². The van der Waals surface area contributed by atoms with Gasteiger partial charge < -0.3 is 14.2 Å². The zero-order valence-corrected chi connectivity index (χ0v) is 14.9. The van der Waals surface area contributed by atoms with Crippen molar-refractivity contribution >= 4 is 34.2 Å². The summed E-state index contributed by atoms with van der Waals surface area (Å²) in [5.41, 5.74) is 1.81. The average Bonchev–Trinajstić information content (AvgIpc) is 2.53. The van der Waals surface area contributed by atoms with E-state index >= 15 is 0 Å². The smallest absolute Gasteiger partial charge is 0.131 e. The lowest BCUT2D eigenvalue weighted by Gasteiger charge is -2.19. The van der Waals surface area contributed by atoms with Crippen molar-refractivity contribution in [3.8, 4) is 17.2 Å². The molecule has 1 atom stereocenters. The minimum absolute atomic E-state index is 0.367. The number of alkyl halides is 1. The van der Waals surface area contributed by atoms with Crippen LogP contribution in [-0.4, -0.2) is 21.3 Å². The number of hydrogen-bond donors (Lipinski definition) is 0. The third-order valence-electron chi connectivity index (χ3n) is 3.18. The molecule has 0 saturated carbocycles. The molecule has 1 unspecified atom stereocenters.